The number of phosphoric acid groups is 1. The molecule has 0 radical (unpaired) electrons. The molecule has 0 fully saturated rings. The molecule has 0 rings (SSSR count). The molecule has 0 spiro atoms. The van der Waals surface area contributed by atoms with Gasteiger partial charge in [0.15, 0.2) is 0 Å². The number of esters is 1. The van der Waals surface area contributed by atoms with Crippen LogP contribution in [0.5, 0.6) is 0 Å². The second-order valence-electron chi connectivity index (χ2n) is 19.7. The van der Waals surface area contributed by atoms with Crippen LogP contribution in [-0.2, 0) is 27.9 Å². The first-order valence-corrected chi connectivity index (χ1v) is 29.0. The van der Waals surface area contributed by atoms with E-state index in [9.17, 15) is 19.0 Å². The van der Waals surface area contributed by atoms with E-state index in [1.165, 1.54) is 122 Å². The van der Waals surface area contributed by atoms with Crippen molar-refractivity contribution >= 4 is 19.7 Å². The van der Waals surface area contributed by atoms with Crippen molar-refractivity contribution in [2.75, 3.05) is 40.9 Å². The van der Waals surface area contributed by atoms with Crippen LogP contribution >= 0.6 is 7.82 Å². The van der Waals surface area contributed by atoms with Crippen LogP contribution in [0.3, 0.4) is 0 Å². The van der Waals surface area contributed by atoms with Gasteiger partial charge in [0.05, 0.1) is 33.8 Å². The maximum atomic E-state index is 13.4. The van der Waals surface area contributed by atoms with Gasteiger partial charge in [0.1, 0.15) is 19.3 Å². The SMILES string of the molecule is CC/C=C/C/C=C/CCCCCCCCCC(=O)NC(COP(=O)(O)OCC[N+](C)(C)C)C(/C=C/CCCCCCCCCCC)OC(=O)CCCCCCCCC/C=C\CCCCCC. The number of rotatable bonds is 49. The zero-order chi connectivity index (χ0) is 48.7. The highest BCUT2D eigenvalue weighted by atomic mass is 31.2. The van der Waals surface area contributed by atoms with E-state index < -0.39 is 20.0 Å². The molecule has 2 N–H and O–H groups in total. The summed E-state index contributed by atoms with van der Waals surface area (Å²) in [5.41, 5.74) is 0. The quantitative estimate of drug-likeness (QED) is 0.0205. The zero-order valence-electron chi connectivity index (χ0n) is 43.9. The Kier molecular flexibility index (Phi) is 45.3. The molecule has 9 nitrogen and oxygen atoms in total. The van der Waals surface area contributed by atoms with E-state index in [4.69, 9.17) is 13.8 Å². The molecular weight excluding hydrogens is 844 g/mol. The van der Waals surface area contributed by atoms with Crippen LogP contribution < -0.4 is 5.32 Å². The van der Waals surface area contributed by atoms with Gasteiger partial charge in [-0.2, -0.15) is 0 Å². The van der Waals surface area contributed by atoms with Gasteiger partial charge in [-0.05, 0) is 83.1 Å². The molecule has 0 saturated carbocycles. The summed E-state index contributed by atoms with van der Waals surface area (Å²) in [4.78, 5) is 37.5. The third kappa shape index (κ3) is 47.1. The van der Waals surface area contributed by atoms with E-state index in [2.05, 4.69) is 62.5 Å². The van der Waals surface area contributed by atoms with Crippen molar-refractivity contribution < 1.29 is 37.3 Å². The van der Waals surface area contributed by atoms with Gasteiger partial charge in [0, 0.05) is 12.8 Å². The molecular formula is C56H106N2O7P+. The van der Waals surface area contributed by atoms with Crippen molar-refractivity contribution in [2.45, 2.75) is 258 Å². The average Bonchev–Trinajstić information content (AvgIpc) is 3.27. The van der Waals surface area contributed by atoms with Crippen LogP contribution in [0.4, 0.5) is 0 Å². The molecule has 0 aliphatic carbocycles. The molecule has 10 heteroatoms. The van der Waals surface area contributed by atoms with Crippen molar-refractivity contribution in [1.29, 1.82) is 0 Å². The second-order valence-corrected chi connectivity index (χ2v) is 21.2. The summed E-state index contributed by atoms with van der Waals surface area (Å²) in [7, 11) is 1.49. The number of nitrogens with one attached hydrogen (secondary N) is 1. The number of carbonyl (C=O) groups is 2. The van der Waals surface area contributed by atoms with Crippen molar-refractivity contribution in [1.82, 2.24) is 5.32 Å². The number of hydrogen-bond acceptors (Lipinski definition) is 6. The molecule has 0 saturated heterocycles. The van der Waals surface area contributed by atoms with Gasteiger partial charge in [0.25, 0.3) is 0 Å². The molecule has 0 aromatic rings. The first kappa shape index (κ1) is 64.0. The predicted molar refractivity (Wildman–Crippen MR) is 282 cm³/mol. The summed E-state index contributed by atoms with van der Waals surface area (Å²) in [6, 6.07) is -0.851. The Labute approximate surface area is 408 Å². The normalized spacial score (nSPS) is 14.2. The Hall–Kier alpha value is -2.03. The maximum Gasteiger partial charge on any atom is 0.472 e. The minimum atomic E-state index is -4.44. The topological polar surface area (TPSA) is 111 Å². The summed E-state index contributed by atoms with van der Waals surface area (Å²) in [6.45, 7) is 6.88. The number of allylic oxidation sites excluding steroid dienone is 7. The molecule has 3 atom stereocenters. The molecule has 0 aromatic carbocycles. The number of unbranched alkanes of at least 4 members (excludes halogenated alkanes) is 27. The fourth-order valence-electron chi connectivity index (χ4n) is 7.74. The Bertz CT molecular complexity index is 1280. The molecule has 386 valence electrons. The van der Waals surface area contributed by atoms with Crippen LogP contribution in [0.25, 0.3) is 0 Å². The van der Waals surface area contributed by atoms with Gasteiger partial charge in [-0.3, -0.25) is 18.6 Å². The molecule has 0 aromatic heterocycles. The van der Waals surface area contributed by atoms with Crippen LogP contribution in [0.15, 0.2) is 48.6 Å². The standard InChI is InChI=1S/C56H105N2O7P/c1-7-10-13-16-19-22-25-27-29-31-34-37-40-43-46-49-56(60)65-54(47-44-41-38-35-32-24-21-18-15-12-9-3)53(52-64-66(61,62)63-51-50-58(4,5)6)57-55(59)48-45-42-39-36-33-30-28-26-23-20-17-14-11-8-2/h11,14,20,22-23,25,44,47,53-54H,7-10,12-13,15-19,21,24,26-43,45-46,48-52H2,1-6H3,(H-,57,59,61,62)/p+1/b14-11+,23-20+,25-22-,47-44+. The zero-order valence-corrected chi connectivity index (χ0v) is 44.8. The lowest BCUT2D eigenvalue weighted by Crippen LogP contribution is -2.47. The van der Waals surface area contributed by atoms with Gasteiger partial charge in [-0.15, -0.1) is 0 Å². The Balaban J connectivity index is 5.37. The van der Waals surface area contributed by atoms with Gasteiger partial charge < -0.3 is 19.4 Å². The van der Waals surface area contributed by atoms with Crippen LogP contribution in [0.1, 0.15) is 245 Å². The van der Waals surface area contributed by atoms with E-state index in [1.807, 2.05) is 33.3 Å². The lowest BCUT2D eigenvalue weighted by Gasteiger charge is -2.27. The van der Waals surface area contributed by atoms with E-state index in [-0.39, 0.29) is 31.5 Å². The number of carbonyl (C=O) groups excluding carboxylic acids is 2. The lowest BCUT2D eigenvalue weighted by molar-refractivity contribution is -0.870. The van der Waals surface area contributed by atoms with E-state index in [0.717, 1.165) is 89.9 Å². The molecule has 1 amide bonds. The van der Waals surface area contributed by atoms with Gasteiger partial charge in [-0.1, -0.05) is 198 Å². The highest BCUT2D eigenvalue weighted by Crippen LogP contribution is 2.43. The predicted octanol–water partition coefficient (Wildman–Crippen LogP) is 16.2. The molecule has 0 aliphatic rings. The van der Waals surface area contributed by atoms with Crippen LogP contribution in [-0.4, -0.2) is 74.3 Å². The van der Waals surface area contributed by atoms with Crippen molar-refractivity contribution in [3.8, 4) is 0 Å². The van der Waals surface area contributed by atoms with Crippen LogP contribution in [0, 0.1) is 0 Å². The Morgan fingerprint density at radius 1 is 0.545 bits per heavy atom. The number of amides is 1. The smallest absolute Gasteiger partial charge is 0.456 e. The van der Waals surface area contributed by atoms with Gasteiger partial charge in [-0.25, -0.2) is 4.57 Å². The number of ether oxygens (including phenoxy) is 1. The molecule has 0 aliphatic heterocycles. The number of quaternary nitrogens is 1. The molecule has 66 heavy (non-hydrogen) atoms. The summed E-state index contributed by atoms with van der Waals surface area (Å²) in [5.74, 6) is -0.519. The fourth-order valence-corrected chi connectivity index (χ4v) is 8.47. The highest BCUT2D eigenvalue weighted by molar-refractivity contribution is 7.47. The summed E-state index contributed by atoms with van der Waals surface area (Å²) >= 11 is 0. The summed E-state index contributed by atoms with van der Waals surface area (Å²) in [6.07, 6.45) is 55.3. The number of hydrogen-bond donors (Lipinski definition) is 2. The highest BCUT2D eigenvalue weighted by Gasteiger charge is 2.30. The van der Waals surface area contributed by atoms with Gasteiger partial charge >= 0.3 is 13.8 Å². The Morgan fingerprint density at radius 2 is 0.970 bits per heavy atom. The monoisotopic (exact) mass is 950 g/mol. The van der Waals surface area contributed by atoms with Crippen molar-refractivity contribution in [2.24, 2.45) is 0 Å². The molecule has 0 heterocycles. The third-order valence-electron chi connectivity index (χ3n) is 12.0. The van der Waals surface area contributed by atoms with Crippen molar-refractivity contribution in [3.63, 3.8) is 0 Å². The number of phosphoric ester groups is 1. The molecule has 0 bridgehead atoms. The second kappa shape index (κ2) is 46.7. The lowest BCUT2D eigenvalue weighted by atomic mass is 10.1. The largest absolute Gasteiger partial charge is 0.472 e. The number of nitrogens with zero attached hydrogens (tertiary/aromatic N) is 1. The average molecular weight is 950 g/mol. The molecule has 3 unspecified atom stereocenters. The van der Waals surface area contributed by atoms with Crippen LogP contribution in [0.2, 0.25) is 0 Å². The first-order chi connectivity index (χ1) is 31.9. The summed E-state index contributed by atoms with van der Waals surface area (Å²) < 4.78 is 30.5. The fraction of sp³-hybridized carbons (Fsp3) is 0.821. The van der Waals surface area contributed by atoms with E-state index >= 15 is 0 Å². The van der Waals surface area contributed by atoms with Gasteiger partial charge in [0.2, 0.25) is 5.91 Å². The maximum absolute atomic E-state index is 13.4. The summed E-state index contributed by atoms with van der Waals surface area (Å²) in [5, 5.41) is 3.04. The Morgan fingerprint density at radius 3 is 1.47 bits per heavy atom. The minimum Gasteiger partial charge on any atom is -0.456 e. The van der Waals surface area contributed by atoms with Crippen molar-refractivity contribution in [3.05, 3.63) is 48.6 Å². The van der Waals surface area contributed by atoms with E-state index in [1.54, 1.807) is 0 Å². The first-order valence-electron chi connectivity index (χ1n) is 27.5. The third-order valence-corrected chi connectivity index (χ3v) is 13.0. The minimum absolute atomic E-state index is 0.0376. The number of likely N-dealkylation sites (N-methyl/N-ethyl adjacent to an activating group) is 1. The van der Waals surface area contributed by atoms with E-state index in [0.29, 0.717) is 17.4 Å².